The molecule has 14 heteroatoms. The number of pyridine rings is 1. The molecule has 2 aliphatic rings. The smallest absolute Gasteiger partial charge is 0.404 e. The lowest BCUT2D eigenvalue weighted by molar-refractivity contribution is 0.0950. The van der Waals surface area contributed by atoms with Gasteiger partial charge >= 0.3 is 6.09 Å². The Morgan fingerprint density at radius 1 is 1.02 bits per heavy atom. The zero-order valence-corrected chi connectivity index (χ0v) is 32.0. The fourth-order valence-corrected chi connectivity index (χ4v) is 8.82. The lowest BCUT2D eigenvalue weighted by atomic mass is 9.94. The number of nitrogens with zero attached hydrogens (tertiary/aromatic N) is 2. The third kappa shape index (κ3) is 7.98. The van der Waals surface area contributed by atoms with Gasteiger partial charge in [-0.1, -0.05) is 40.7 Å². The fourth-order valence-electron chi connectivity index (χ4n) is 5.93. The molecular formula is C36H49FN4O7SSi. The molecule has 2 heterocycles. The number of sulfonamides is 1. The minimum absolute atomic E-state index is 0.0211. The Morgan fingerprint density at radius 3 is 2.32 bits per heavy atom. The number of amides is 2. The van der Waals surface area contributed by atoms with E-state index in [0.717, 1.165) is 12.8 Å². The summed E-state index contributed by atoms with van der Waals surface area (Å²) in [6.45, 7) is 16.8. The average Bonchev–Trinajstić information content (AvgIpc) is 3.70. The number of carbonyl (C=O) groups excluding carboxylic acids is 1. The minimum Gasteiger partial charge on any atom is -0.465 e. The van der Waals surface area contributed by atoms with Crippen LogP contribution in [0.2, 0.25) is 18.1 Å². The van der Waals surface area contributed by atoms with Crippen LogP contribution in [-0.4, -0.2) is 74.5 Å². The van der Waals surface area contributed by atoms with Crippen LogP contribution >= 0.6 is 0 Å². The van der Waals surface area contributed by atoms with E-state index in [1.165, 1.54) is 21.1 Å². The Kier molecular flexibility index (Phi) is 10.2. The third-order valence-electron chi connectivity index (χ3n) is 10.2. The van der Waals surface area contributed by atoms with Crippen LogP contribution in [0.25, 0.3) is 21.9 Å². The van der Waals surface area contributed by atoms with Gasteiger partial charge in [0.2, 0.25) is 10.0 Å². The van der Waals surface area contributed by atoms with Gasteiger partial charge in [-0.2, -0.15) is 4.31 Å². The topological polar surface area (TPSA) is 147 Å². The molecule has 0 unspecified atom stereocenters. The third-order valence-corrected chi connectivity index (χ3v) is 16.6. The number of benzene rings is 2. The van der Waals surface area contributed by atoms with Gasteiger partial charge in [-0.3, -0.25) is 9.59 Å². The molecule has 3 aromatic rings. The molecule has 1 saturated carbocycles. The monoisotopic (exact) mass is 728 g/mol. The van der Waals surface area contributed by atoms with Crippen molar-refractivity contribution in [2.45, 2.75) is 102 Å². The van der Waals surface area contributed by atoms with E-state index in [1.807, 2.05) is 13.8 Å². The van der Waals surface area contributed by atoms with Crippen LogP contribution in [0.1, 0.15) is 69.8 Å². The van der Waals surface area contributed by atoms with Gasteiger partial charge in [0, 0.05) is 66.3 Å². The second-order valence-corrected chi connectivity index (χ2v) is 22.8. The first kappa shape index (κ1) is 37.7. The number of carboxylic acid groups (broad SMARTS) is 1. The van der Waals surface area contributed by atoms with Gasteiger partial charge in [0.25, 0.3) is 11.5 Å². The number of rotatable bonds is 11. The normalized spacial score (nSPS) is 17.7. The number of halogens is 1. The molecule has 2 aromatic carbocycles. The van der Waals surface area contributed by atoms with Crippen LogP contribution in [0.5, 0.6) is 0 Å². The van der Waals surface area contributed by atoms with E-state index in [4.69, 9.17) is 4.43 Å². The van der Waals surface area contributed by atoms with Crippen molar-refractivity contribution < 1.29 is 31.9 Å². The molecule has 1 aliphatic heterocycles. The molecule has 2 fully saturated rings. The van der Waals surface area contributed by atoms with E-state index in [-0.39, 0.29) is 57.5 Å². The van der Waals surface area contributed by atoms with E-state index in [9.17, 15) is 27.9 Å². The van der Waals surface area contributed by atoms with Crippen LogP contribution < -0.4 is 16.2 Å². The van der Waals surface area contributed by atoms with Gasteiger partial charge in [0.15, 0.2) is 8.32 Å². The second-order valence-electron chi connectivity index (χ2n) is 16.1. The van der Waals surface area contributed by atoms with Crippen molar-refractivity contribution in [1.82, 2.24) is 19.5 Å². The highest BCUT2D eigenvalue weighted by Crippen LogP contribution is 2.38. The van der Waals surface area contributed by atoms with E-state index < -0.39 is 53.2 Å². The van der Waals surface area contributed by atoms with E-state index in [0.29, 0.717) is 24.2 Å². The van der Waals surface area contributed by atoms with Crippen molar-refractivity contribution in [2.24, 2.45) is 5.41 Å². The molecular weight excluding hydrogens is 680 g/mol. The van der Waals surface area contributed by atoms with Crippen molar-refractivity contribution >= 4 is 41.1 Å². The Hall–Kier alpha value is -3.59. The summed E-state index contributed by atoms with van der Waals surface area (Å²) in [5.74, 6) is -0.971. The van der Waals surface area contributed by atoms with Crippen molar-refractivity contribution in [3.05, 3.63) is 63.8 Å². The van der Waals surface area contributed by atoms with Crippen LogP contribution in [0.3, 0.4) is 0 Å². The molecule has 1 atom stereocenters. The Labute approximate surface area is 294 Å². The van der Waals surface area contributed by atoms with E-state index >= 15 is 4.39 Å². The number of hydrogen-bond donors (Lipinski definition) is 3. The summed E-state index contributed by atoms with van der Waals surface area (Å²) in [5.41, 5.74) is 0.326. The van der Waals surface area contributed by atoms with Crippen LogP contribution in [0.15, 0.2) is 46.2 Å². The van der Waals surface area contributed by atoms with Crippen LogP contribution in [0, 0.1) is 18.2 Å². The van der Waals surface area contributed by atoms with Crippen molar-refractivity contribution in [2.75, 3.05) is 19.7 Å². The number of aromatic nitrogens is 1. The Bertz CT molecular complexity index is 2000. The summed E-state index contributed by atoms with van der Waals surface area (Å²) in [7, 11) is -6.37. The van der Waals surface area contributed by atoms with Crippen molar-refractivity contribution in [1.29, 1.82) is 0 Å². The van der Waals surface area contributed by atoms with Gasteiger partial charge in [0.05, 0.1) is 0 Å². The molecule has 11 nitrogen and oxygen atoms in total. The van der Waals surface area contributed by atoms with Gasteiger partial charge in [-0.05, 0) is 85.3 Å². The number of nitrogens with one attached hydrogen (secondary N) is 2. The molecule has 50 heavy (non-hydrogen) atoms. The van der Waals surface area contributed by atoms with Crippen LogP contribution in [0.4, 0.5) is 9.18 Å². The highest BCUT2D eigenvalue weighted by molar-refractivity contribution is 7.89. The lowest BCUT2D eigenvalue weighted by Crippen LogP contribution is -2.44. The molecule has 3 N–H and O–H groups in total. The maximum absolute atomic E-state index is 15.2. The maximum Gasteiger partial charge on any atom is 0.404 e. The summed E-state index contributed by atoms with van der Waals surface area (Å²) in [6.07, 6.45) is 2.16. The summed E-state index contributed by atoms with van der Waals surface area (Å²) in [5, 5.41) is 14.8. The zero-order valence-electron chi connectivity index (χ0n) is 30.1. The molecule has 272 valence electrons. The number of hydrogen-bond acceptors (Lipinski definition) is 6. The van der Waals surface area contributed by atoms with Crippen LogP contribution in [-0.2, 0) is 21.0 Å². The van der Waals surface area contributed by atoms with E-state index in [1.54, 1.807) is 31.2 Å². The first-order chi connectivity index (χ1) is 23.1. The van der Waals surface area contributed by atoms with Crippen molar-refractivity contribution in [3.8, 4) is 11.1 Å². The second kappa shape index (κ2) is 13.5. The minimum atomic E-state index is -4.25. The largest absolute Gasteiger partial charge is 0.465 e. The SMILES string of the molecule is Cc1c(F)cc(C(=O)NC2CC2)cc1-c1ccc2c(=O)n(CC(C)(C)CO[Si](C)(C)C(C)(C)C)cc(S(=O)(=O)N3CC[C@H](NC(=O)O)C3)c2c1. The average molecular weight is 729 g/mol. The standard InChI is InChI=1S/C36H49FN4O7SSi/c1-22-28(16-24(17-30(22)37)32(42)38-25-10-11-25)23-9-12-27-29(15-23)31(49(46,47)41-14-13-26(18-41)39-34(44)45)19-40(33(27)43)20-36(5,6)21-48-50(7,8)35(2,3)4/h9,12,15-17,19,25-26,39H,10-11,13-14,18,20-21H2,1-8H3,(H,38,42)(H,44,45)/t26-/m0/s1. The summed E-state index contributed by atoms with van der Waals surface area (Å²) >= 11 is 0. The van der Waals surface area contributed by atoms with Gasteiger partial charge in [-0.25, -0.2) is 17.6 Å². The predicted octanol–water partition coefficient (Wildman–Crippen LogP) is 6.09. The van der Waals surface area contributed by atoms with Gasteiger partial charge in [0.1, 0.15) is 10.7 Å². The quantitative estimate of drug-likeness (QED) is 0.203. The Morgan fingerprint density at radius 2 is 1.70 bits per heavy atom. The highest BCUT2D eigenvalue weighted by Gasteiger charge is 2.39. The molecule has 0 bridgehead atoms. The number of fused-ring (bicyclic) bond motifs is 1. The fraction of sp³-hybridized carbons (Fsp3) is 0.528. The molecule has 0 spiro atoms. The summed E-state index contributed by atoms with van der Waals surface area (Å²) in [6, 6.07) is 7.02. The van der Waals surface area contributed by atoms with Gasteiger partial charge < -0.3 is 24.7 Å². The molecule has 1 aliphatic carbocycles. The zero-order chi connectivity index (χ0) is 37.0. The highest BCUT2D eigenvalue weighted by atomic mass is 32.2. The Balaban J connectivity index is 1.62. The van der Waals surface area contributed by atoms with Gasteiger partial charge in [-0.15, -0.1) is 0 Å². The maximum atomic E-state index is 15.2. The molecule has 2 amide bonds. The van der Waals surface area contributed by atoms with Crippen molar-refractivity contribution in [3.63, 3.8) is 0 Å². The number of carbonyl (C=O) groups is 2. The molecule has 5 rings (SSSR count). The lowest BCUT2D eigenvalue weighted by Gasteiger charge is -2.39. The molecule has 1 saturated heterocycles. The summed E-state index contributed by atoms with van der Waals surface area (Å²) in [4.78, 5) is 38.2. The molecule has 1 aromatic heterocycles. The summed E-state index contributed by atoms with van der Waals surface area (Å²) < 4.78 is 53.2. The first-order valence-electron chi connectivity index (χ1n) is 17.0. The van der Waals surface area contributed by atoms with E-state index in [2.05, 4.69) is 44.5 Å². The predicted molar refractivity (Wildman–Crippen MR) is 194 cm³/mol. The molecule has 0 radical (unpaired) electrons. The first-order valence-corrected chi connectivity index (χ1v) is 21.4.